The largest absolute Gasteiger partial charge is 0.471 e. The highest BCUT2D eigenvalue weighted by molar-refractivity contribution is 6.04. The maximum absolute atomic E-state index is 12.5. The molecule has 1 N–H and O–H groups in total. The van der Waals surface area contributed by atoms with Crippen LogP contribution in [0.2, 0.25) is 0 Å². The number of nitro groups is 1. The predicted octanol–water partition coefficient (Wildman–Crippen LogP) is 3.89. The normalized spacial score (nSPS) is 10.7. The quantitative estimate of drug-likeness (QED) is 0.308. The Kier molecular flexibility index (Phi) is 6.44. The third-order valence-electron chi connectivity index (χ3n) is 4.98. The standard InChI is InChI=1S/C23H22N6O4/c1-2-17-5-9-22(10-6-17)33-16-28-14-20(11-24-28)26-23(30)19-7-3-18(4-8-19)13-27-15-21(12-25-27)29(31)32/h3-12,14-15H,2,13,16H2,1H3,(H,26,30). The van der Waals surface area contributed by atoms with Crippen molar-refractivity contribution < 1.29 is 14.5 Å². The number of nitrogens with one attached hydrogen (secondary N) is 1. The van der Waals surface area contributed by atoms with Gasteiger partial charge in [0.25, 0.3) is 5.91 Å². The van der Waals surface area contributed by atoms with Gasteiger partial charge in [0.15, 0.2) is 6.73 Å². The van der Waals surface area contributed by atoms with Gasteiger partial charge >= 0.3 is 5.69 Å². The third-order valence-corrected chi connectivity index (χ3v) is 4.98. The summed E-state index contributed by atoms with van der Waals surface area (Å²) in [6.07, 6.45) is 6.79. The minimum absolute atomic E-state index is 0.0636. The molecular formula is C23H22N6O4. The third kappa shape index (κ3) is 5.62. The number of aromatic nitrogens is 4. The van der Waals surface area contributed by atoms with Crippen molar-refractivity contribution in [1.82, 2.24) is 19.6 Å². The van der Waals surface area contributed by atoms with Crippen molar-refractivity contribution in [2.24, 2.45) is 0 Å². The molecule has 10 nitrogen and oxygen atoms in total. The Morgan fingerprint density at radius 2 is 1.70 bits per heavy atom. The van der Waals surface area contributed by atoms with Crippen molar-refractivity contribution in [1.29, 1.82) is 0 Å². The molecule has 0 unspecified atom stereocenters. The zero-order chi connectivity index (χ0) is 23.2. The van der Waals surface area contributed by atoms with E-state index in [4.69, 9.17) is 4.74 Å². The number of ether oxygens (including phenoxy) is 1. The number of anilines is 1. The molecule has 2 aromatic carbocycles. The molecule has 2 aromatic heterocycles. The Labute approximate surface area is 189 Å². The van der Waals surface area contributed by atoms with Crippen molar-refractivity contribution in [2.75, 3.05) is 5.32 Å². The van der Waals surface area contributed by atoms with E-state index in [0.29, 0.717) is 17.8 Å². The van der Waals surface area contributed by atoms with E-state index in [1.807, 2.05) is 24.3 Å². The van der Waals surface area contributed by atoms with Crippen molar-refractivity contribution in [2.45, 2.75) is 26.6 Å². The van der Waals surface area contributed by atoms with E-state index < -0.39 is 4.92 Å². The molecule has 2 heterocycles. The van der Waals surface area contributed by atoms with Gasteiger partial charge < -0.3 is 10.1 Å². The van der Waals surface area contributed by atoms with Crippen LogP contribution in [0.1, 0.15) is 28.4 Å². The van der Waals surface area contributed by atoms with Crippen LogP contribution < -0.4 is 10.1 Å². The minimum atomic E-state index is -0.491. The van der Waals surface area contributed by atoms with Crippen LogP contribution in [-0.2, 0) is 19.7 Å². The van der Waals surface area contributed by atoms with Gasteiger partial charge in [0.05, 0.1) is 29.5 Å². The van der Waals surface area contributed by atoms with Crippen LogP contribution in [0, 0.1) is 10.1 Å². The van der Waals surface area contributed by atoms with Crippen LogP contribution in [0.3, 0.4) is 0 Å². The summed E-state index contributed by atoms with van der Waals surface area (Å²) in [4.78, 5) is 22.8. The number of benzene rings is 2. The fraction of sp³-hybridized carbons (Fsp3) is 0.174. The van der Waals surface area contributed by atoms with Gasteiger partial charge in [0.1, 0.15) is 18.1 Å². The first-order valence-electron chi connectivity index (χ1n) is 10.3. The second-order valence-electron chi connectivity index (χ2n) is 7.34. The molecule has 0 aliphatic rings. The summed E-state index contributed by atoms with van der Waals surface area (Å²) in [7, 11) is 0. The topological polar surface area (TPSA) is 117 Å². The Balaban J connectivity index is 1.30. The number of carbonyl (C=O) groups is 1. The lowest BCUT2D eigenvalue weighted by atomic mass is 10.1. The van der Waals surface area contributed by atoms with Gasteiger partial charge in [-0.2, -0.15) is 10.2 Å². The van der Waals surface area contributed by atoms with E-state index in [0.717, 1.165) is 17.7 Å². The highest BCUT2D eigenvalue weighted by atomic mass is 16.6. The fourth-order valence-electron chi connectivity index (χ4n) is 3.15. The second-order valence-corrected chi connectivity index (χ2v) is 7.34. The first-order chi connectivity index (χ1) is 16.0. The Morgan fingerprint density at radius 1 is 1.00 bits per heavy atom. The molecule has 0 saturated heterocycles. The van der Waals surface area contributed by atoms with Gasteiger partial charge in [-0.1, -0.05) is 31.2 Å². The number of aryl methyl sites for hydroxylation is 1. The summed E-state index contributed by atoms with van der Waals surface area (Å²) in [6, 6.07) is 14.8. The monoisotopic (exact) mass is 446 g/mol. The number of amides is 1. The van der Waals surface area contributed by atoms with E-state index in [9.17, 15) is 14.9 Å². The van der Waals surface area contributed by atoms with Crippen LogP contribution in [0.25, 0.3) is 0 Å². The molecule has 0 fully saturated rings. The van der Waals surface area contributed by atoms with E-state index in [-0.39, 0.29) is 18.3 Å². The minimum Gasteiger partial charge on any atom is -0.471 e. The van der Waals surface area contributed by atoms with Crippen LogP contribution in [0.4, 0.5) is 11.4 Å². The van der Waals surface area contributed by atoms with Crippen molar-refractivity contribution >= 4 is 17.3 Å². The molecule has 4 aromatic rings. The Bertz CT molecular complexity index is 1240. The molecule has 0 bridgehead atoms. The van der Waals surface area contributed by atoms with Gasteiger partial charge in [-0.05, 0) is 41.8 Å². The van der Waals surface area contributed by atoms with Gasteiger partial charge in [-0.25, -0.2) is 4.68 Å². The van der Waals surface area contributed by atoms with Gasteiger partial charge in [0, 0.05) is 5.56 Å². The van der Waals surface area contributed by atoms with Crippen LogP contribution in [0.5, 0.6) is 5.75 Å². The average molecular weight is 446 g/mol. The van der Waals surface area contributed by atoms with Gasteiger partial charge in [0.2, 0.25) is 0 Å². The van der Waals surface area contributed by atoms with Crippen molar-refractivity contribution in [3.05, 3.63) is 100 Å². The van der Waals surface area contributed by atoms with Crippen LogP contribution in [0.15, 0.2) is 73.3 Å². The lowest BCUT2D eigenvalue weighted by molar-refractivity contribution is -0.385. The zero-order valence-corrected chi connectivity index (χ0v) is 17.9. The first-order valence-corrected chi connectivity index (χ1v) is 10.3. The number of nitrogens with zero attached hydrogens (tertiary/aromatic N) is 5. The smallest absolute Gasteiger partial charge is 0.307 e. The fourth-order valence-corrected chi connectivity index (χ4v) is 3.15. The summed E-state index contributed by atoms with van der Waals surface area (Å²) in [5.41, 5.74) is 3.07. The molecule has 0 atom stereocenters. The summed E-state index contributed by atoms with van der Waals surface area (Å²) in [5, 5.41) is 21.7. The summed E-state index contributed by atoms with van der Waals surface area (Å²) in [5.74, 6) is 0.477. The van der Waals surface area contributed by atoms with Crippen LogP contribution >= 0.6 is 0 Å². The molecule has 10 heteroatoms. The van der Waals surface area contributed by atoms with E-state index in [2.05, 4.69) is 22.4 Å². The number of carbonyl (C=O) groups excluding carboxylic acids is 1. The van der Waals surface area contributed by atoms with Crippen LogP contribution in [-0.4, -0.2) is 30.4 Å². The summed E-state index contributed by atoms with van der Waals surface area (Å²) >= 11 is 0. The maximum Gasteiger partial charge on any atom is 0.307 e. The summed E-state index contributed by atoms with van der Waals surface area (Å²) < 4.78 is 8.78. The SMILES string of the molecule is CCc1ccc(OCn2cc(NC(=O)c3ccc(Cn4cc([N+](=O)[O-])cn4)cc3)cn2)cc1. The van der Waals surface area contributed by atoms with E-state index in [1.165, 1.54) is 22.6 Å². The number of hydrogen-bond acceptors (Lipinski definition) is 6. The van der Waals surface area contributed by atoms with Gasteiger partial charge in [-0.3, -0.25) is 19.6 Å². The molecule has 0 saturated carbocycles. The Morgan fingerprint density at radius 3 is 2.36 bits per heavy atom. The van der Waals surface area contributed by atoms with Gasteiger partial charge in [-0.15, -0.1) is 0 Å². The molecule has 0 aliphatic heterocycles. The lowest BCUT2D eigenvalue weighted by Gasteiger charge is -2.07. The van der Waals surface area contributed by atoms with E-state index in [1.54, 1.807) is 41.3 Å². The Hall–Kier alpha value is -4.47. The number of rotatable bonds is 9. The molecular weight excluding hydrogens is 424 g/mol. The number of hydrogen-bond donors (Lipinski definition) is 1. The van der Waals surface area contributed by atoms with Crippen molar-refractivity contribution in [3.63, 3.8) is 0 Å². The molecule has 4 rings (SSSR count). The summed E-state index contributed by atoms with van der Waals surface area (Å²) in [6.45, 7) is 2.69. The maximum atomic E-state index is 12.5. The molecule has 168 valence electrons. The zero-order valence-electron chi connectivity index (χ0n) is 17.9. The molecule has 0 spiro atoms. The predicted molar refractivity (Wildman–Crippen MR) is 121 cm³/mol. The lowest BCUT2D eigenvalue weighted by Crippen LogP contribution is -2.12. The highest BCUT2D eigenvalue weighted by Gasteiger charge is 2.11. The highest BCUT2D eigenvalue weighted by Crippen LogP contribution is 2.15. The van der Waals surface area contributed by atoms with Crippen molar-refractivity contribution in [3.8, 4) is 5.75 Å². The second kappa shape index (κ2) is 9.77. The molecule has 33 heavy (non-hydrogen) atoms. The average Bonchev–Trinajstić information content (AvgIpc) is 3.48. The van der Waals surface area contributed by atoms with E-state index >= 15 is 0 Å². The molecule has 0 aliphatic carbocycles. The molecule has 0 radical (unpaired) electrons. The first kappa shape index (κ1) is 21.8. The molecule has 1 amide bonds.